The molecule has 8 heteroatoms. The van der Waals surface area contributed by atoms with Crippen LogP contribution in [0, 0.1) is 5.92 Å². The molecule has 0 aromatic heterocycles. The van der Waals surface area contributed by atoms with Gasteiger partial charge in [0.1, 0.15) is 5.92 Å². The van der Waals surface area contributed by atoms with Crippen LogP contribution in [0.1, 0.15) is 13.3 Å². The van der Waals surface area contributed by atoms with Crippen molar-refractivity contribution in [3.8, 4) is 0 Å². The highest BCUT2D eigenvalue weighted by Gasteiger charge is 2.39. The number of hydrogen-bond donors (Lipinski definition) is 2. The van der Waals surface area contributed by atoms with E-state index in [-0.39, 0.29) is 13.2 Å². The van der Waals surface area contributed by atoms with Gasteiger partial charge in [-0.1, -0.05) is 6.92 Å². The number of halogens is 2. The average molecular weight is 280 g/mol. The lowest BCUT2D eigenvalue weighted by Gasteiger charge is -2.30. The van der Waals surface area contributed by atoms with Gasteiger partial charge in [-0.15, -0.1) is 0 Å². The lowest BCUT2D eigenvalue weighted by Crippen LogP contribution is -2.51. The van der Waals surface area contributed by atoms with Gasteiger partial charge in [0, 0.05) is 6.54 Å². The normalized spacial score (nSPS) is 22.5. The molecule has 0 aromatic rings. The number of rotatable bonds is 6. The Morgan fingerprint density at radius 3 is 2.68 bits per heavy atom. The molecule has 0 radical (unpaired) electrons. The Kier molecular flexibility index (Phi) is 5.94. The second-order valence-corrected chi connectivity index (χ2v) is 4.32. The fourth-order valence-electron chi connectivity index (χ4n) is 2.01. The van der Waals surface area contributed by atoms with E-state index in [0.717, 1.165) is 0 Å². The minimum absolute atomic E-state index is 0.0301. The van der Waals surface area contributed by atoms with Crippen LogP contribution in [0.2, 0.25) is 0 Å². The SMILES string of the molecule is CCCN(C(=O)NCC(F)F)C1COCC1C(=O)O. The van der Waals surface area contributed by atoms with Gasteiger partial charge in [0.25, 0.3) is 6.43 Å². The Morgan fingerprint density at radius 2 is 2.16 bits per heavy atom. The van der Waals surface area contributed by atoms with Gasteiger partial charge in [0.2, 0.25) is 0 Å². The highest BCUT2D eigenvalue weighted by atomic mass is 19.3. The zero-order chi connectivity index (χ0) is 14.4. The second kappa shape index (κ2) is 7.22. The number of carbonyl (C=O) groups is 2. The molecule has 110 valence electrons. The predicted molar refractivity (Wildman–Crippen MR) is 62.1 cm³/mol. The van der Waals surface area contributed by atoms with E-state index in [0.29, 0.717) is 13.0 Å². The number of carboxylic acid groups (broad SMARTS) is 1. The Labute approximate surface area is 109 Å². The van der Waals surface area contributed by atoms with E-state index in [9.17, 15) is 18.4 Å². The summed E-state index contributed by atoms with van der Waals surface area (Å²) in [5.41, 5.74) is 0. The molecule has 1 aliphatic rings. The van der Waals surface area contributed by atoms with Crippen molar-refractivity contribution in [3.63, 3.8) is 0 Å². The van der Waals surface area contributed by atoms with Crippen molar-refractivity contribution < 1.29 is 28.2 Å². The van der Waals surface area contributed by atoms with Crippen molar-refractivity contribution in [3.05, 3.63) is 0 Å². The first kappa shape index (κ1) is 15.6. The molecule has 0 aromatic carbocycles. The first-order valence-corrected chi connectivity index (χ1v) is 6.10. The van der Waals surface area contributed by atoms with Gasteiger partial charge >= 0.3 is 12.0 Å². The fourth-order valence-corrected chi connectivity index (χ4v) is 2.01. The van der Waals surface area contributed by atoms with E-state index >= 15 is 0 Å². The lowest BCUT2D eigenvalue weighted by molar-refractivity contribution is -0.142. The third-order valence-electron chi connectivity index (χ3n) is 2.90. The molecule has 1 rings (SSSR count). The maximum absolute atomic E-state index is 12.1. The highest BCUT2D eigenvalue weighted by Crippen LogP contribution is 2.20. The number of nitrogens with zero attached hydrogens (tertiary/aromatic N) is 1. The van der Waals surface area contributed by atoms with Crippen molar-refractivity contribution in [2.24, 2.45) is 5.92 Å². The van der Waals surface area contributed by atoms with Gasteiger partial charge < -0.3 is 20.1 Å². The molecule has 0 aliphatic carbocycles. The van der Waals surface area contributed by atoms with Gasteiger partial charge in [0.15, 0.2) is 0 Å². The minimum Gasteiger partial charge on any atom is -0.481 e. The average Bonchev–Trinajstić information content (AvgIpc) is 2.81. The molecule has 1 heterocycles. The predicted octanol–water partition coefficient (Wildman–Crippen LogP) is 0.773. The summed E-state index contributed by atoms with van der Waals surface area (Å²) in [5.74, 6) is -1.87. The number of aliphatic carboxylic acids is 1. The maximum Gasteiger partial charge on any atom is 0.317 e. The number of hydrogen-bond acceptors (Lipinski definition) is 3. The summed E-state index contributed by atoms with van der Waals surface area (Å²) in [6.45, 7) is 1.51. The van der Waals surface area contributed by atoms with Gasteiger partial charge in [0.05, 0.1) is 25.8 Å². The van der Waals surface area contributed by atoms with Crippen LogP contribution in [0.5, 0.6) is 0 Å². The molecule has 19 heavy (non-hydrogen) atoms. The summed E-state index contributed by atoms with van der Waals surface area (Å²) in [5, 5.41) is 11.1. The molecular formula is C11H18F2N2O4. The summed E-state index contributed by atoms with van der Waals surface area (Å²) in [4.78, 5) is 24.1. The number of alkyl halides is 2. The van der Waals surface area contributed by atoms with E-state index in [2.05, 4.69) is 5.32 Å². The van der Waals surface area contributed by atoms with Crippen molar-refractivity contribution in [1.82, 2.24) is 10.2 Å². The second-order valence-electron chi connectivity index (χ2n) is 4.32. The molecule has 2 amide bonds. The number of carbonyl (C=O) groups excluding carboxylic acids is 1. The molecule has 0 saturated carbocycles. The zero-order valence-corrected chi connectivity index (χ0v) is 10.6. The third kappa shape index (κ3) is 4.30. The topological polar surface area (TPSA) is 78.9 Å². The molecule has 1 saturated heterocycles. The number of carboxylic acids is 1. The molecule has 1 aliphatic heterocycles. The van der Waals surface area contributed by atoms with Crippen LogP contribution < -0.4 is 5.32 Å². The van der Waals surface area contributed by atoms with E-state index in [4.69, 9.17) is 9.84 Å². The van der Waals surface area contributed by atoms with E-state index < -0.39 is 36.9 Å². The smallest absolute Gasteiger partial charge is 0.317 e. The number of urea groups is 1. The zero-order valence-electron chi connectivity index (χ0n) is 10.6. The van der Waals surface area contributed by atoms with Crippen LogP contribution in [0.4, 0.5) is 13.6 Å². The Hall–Kier alpha value is -1.44. The van der Waals surface area contributed by atoms with Crippen LogP contribution >= 0.6 is 0 Å². The molecule has 2 atom stereocenters. The van der Waals surface area contributed by atoms with E-state index in [1.807, 2.05) is 6.92 Å². The van der Waals surface area contributed by atoms with E-state index in [1.54, 1.807) is 0 Å². The minimum atomic E-state index is -2.64. The number of amides is 2. The van der Waals surface area contributed by atoms with Crippen LogP contribution in [0.3, 0.4) is 0 Å². The van der Waals surface area contributed by atoms with Crippen molar-refractivity contribution in [1.29, 1.82) is 0 Å². The summed E-state index contributed by atoms with van der Waals surface area (Å²) >= 11 is 0. The molecule has 0 bridgehead atoms. The lowest BCUT2D eigenvalue weighted by atomic mass is 10.0. The van der Waals surface area contributed by atoms with Gasteiger partial charge in [-0.3, -0.25) is 4.79 Å². The van der Waals surface area contributed by atoms with Crippen LogP contribution in [0.15, 0.2) is 0 Å². The van der Waals surface area contributed by atoms with Gasteiger partial charge in [-0.05, 0) is 6.42 Å². The molecule has 2 unspecified atom stereocenters. The highest BCUT2D eigenvalue weighted by molar-refractivity contribution is 5.77. The monoisotopic (exact) mass is 280 g/mol. The Morgan fingerprint density at radius 1 is 1.47 bits per heavy atom. The molecule has 1 fully saturated rings. The van der Waals surface area contributed by atoms with Gasteiger partial charge in [-0.25, -0.2) is 13.6 Å². The quantitative estimate of drug-likeness (QED) is 0.753. The van der Waals surface area contributed by atoms with Crippen molar-refractivity contribution >= 4 is 12.0 Å². The van der Waals surface area contributed by atoms with Gasteiger partial charge in [-0.2, -0.15) is 0 Å². The Balaban J connectivity index is 2.70. The first-order chi connectivity index (χ1) is 8.97. The molecule has 2 N–H and O–H groups in total. The van der Waals surface area contributed by atoms with Crippen LogP contribution in [0.25, 0.3) is 0 Å². The van der Waals surface area contributed by atoms with Crippen molar-refractivity contribution in [2.75, 3.05) is 26.3 Å². The van der Waals surface area contributed by atoms with E-state index in [1.165, 1.54) is 4.90 Å². The van der Waals surface area contributed by atoms with Crippen LogP contribution in [-0.2, 0) is 9.53 Å². The third-order valence-corrected chi connectivity index (χ3v) is 2.90. The summed E-state index contributed by atoms with van der Waals surface area (Å²) < 4.78 is 29.2. The fraction of sp³-hybridized carbons (Fsp3) is 0.818. The molecular weight excluding hydrogens is 262 g/mol. The first-order valence-electron chi connectivity index (χ1n) is 6.10. The maximum atomic E-state index is 12.1. The molecule has 6 nitrogen and oxygen atoms in total. The summed E-state index contributed by atoms with van der Waals surface area (Å²) in [7, 11) is 0. The summed E-state index contributed by atoms with van der Waals surface area (Å²) in [6.07, 6.45) is -2.03. The van der Waals surface area contributed by atoms with Crippen molar-refractivity contribution in [2.45, 2.75) is 25.8 Å². The van der Waals surface area contributed by atoms with Crippen LogP contribution in [-0.4, -0.2) is 60.8 Å². The standard InChI is InChI=1S/C11H18F2N2O4/c1-2-3-15(11(18)14-4-9(12)13)8-6-19-5-7(8)10(16)17/h7-9H,2-6H2,1H3,(H,14,18)(H,16,17). The largest absolute Gasteiger partial charge is 0.481 e. The molecule has 0 spiro atoms. The Bertz CT molecular complexity index is 328. The summed E-state index contributed by atoms with van der Waals surface area (Å²) in [6, 6.07) is -1.29. The number of ether oxygens (including phenoxy) is 1. The number of nitrogens with one attached hydrogen (secondary N) is 1.